The number of aliphatic hydroxyl groups excluding tert-OH is 1. The first-order valence-corrected chi connectivity index (χ1v) is 7.45. The topological polar surface area (TPSA) is 78.4 Å². The number of benzene rings is 1. The van der Waals surface area contributed by atoms with Crippen LogP contribution in [0.1, 0.15) is 20.3 Å². The molecule has 0 saturated carbocycles. The van der Waals surface area contributed by atoms with Gasteiger partial charge < -0.3 is 10.4 Å². The van der Waals surface area contributed by atoms with Crippen molar-refractivity contribution in [1.29, 1.82) is 0 Å². The molecule has 1 aromatic rings. The van der Waals surface area contributed by atoms with Crippen LogP contribution in [0, 0.1) is 0 Å². The Labute approximate surface area is 108 Å². The standard InChI is InChI=1S/C12H20N2O3S/c1-3-8-13-18(16,17)12-6-4-11(5-7-12)14-10(2)9-15/h4-7,10,13-15H,3,8-9H2,1-2H3. The van der Waals surface area contributed by atoms with Crippen molar-refractivity contribution in [2.24, 2.45) is 0 Å². The van der Waals surface area contributed by atoms with Gasteiger partial charge in [0.2, 0.25) is 10.0 Å². The minimum atomic E-state index is -3.40. The number of hydrogen-bond donors (Lipinski definition) is 3. The first kappa shape index (κ1) is 14.9. The van der Waals surface area contributed by atoms with E-state index in [0.717, 1.165) is 12.1 Å². The van der Waals surface area contributed by atoms with E-state index in [4.69, 9.17) is 5.11 Å². The van der Waals surface area contributed by atoms with Crippen LogP contribution in [0.15, 0.2) is 29.2 Å². The van der Waals surface area contributed by atoms with Gasteiger partial charge in [0.05, 0.1) is 11.5 Å². The van der Waals surface area contributed by atoms with E-state index in [1.165, 1.54) is 0 Å². The summed E-state index contributed by atoms with van der Waals surface area (Å²) < 4.78 is 26.1. The molecule has 0 aliphatic heterocycles. The summed E-state index contributed by atoms with van der Waals surface area (Å²) in [6, 6.07) is 6.40. The van der Waals surface area contributed by atoms with E-state index < -0.39 is 10.0 Å². The van der Waals surface area contributed by atoms with Gasteiger partial charge in [0, 0.05) is 18.3 Å². The molecule has 0 bridgehead atoms. The molecule has 102 valence electrons. The molecule has 0 aliphatic carbocycles. The zero-order valence-corrected chi connectivity index (χ0v) is 11.5. The third-order valence-corrected chi connectivity index (χ3v) is 3.87. The van der Waals surface area contributed by atoms with E-state index in [0.29, 0.717) is 6.54 Å². The summed E-state index contributed by atoms with van der Waals surface area (Å²) in [6.45, 7) is 4.21. The molecular formula is C12H20N2O3S. The van der Waals surface area contributed by atoms with Gasteiger partial charge in [-0.3, -0.25) is 0 Å². The fraction of sp³-hybridized carbons (Fsp3) is 0.500. The second-order valence-electron chi connectivity index (χ2n) is 4.15. The van der Waals surface area contributed by atoms with Gasteiger partial charge in [-0.15, -0.1) is 0 Å². The Bertz CT molecular complexity index is 457. The van der Waals surface area contributed by atoms with Crippen molar-refractivity contribution in [2.75, 3.05) is 18.5 Å². The summed E-state index contributed by atoms with van der Waals surface area (Å²) in [7, 11) is -3.40. The second-order valence-corrected chi connectivity index (χ2v) is 5.92. The van der Waals surface area contributed by atoms with Crippen molar-refractivity contribution in [1.82, 2.24) is 4.72 Å². The SMILES string of the molecule is CCCNS(=O)(=O)c1ccc(NC(C)CO)cc1. The Morgan fingerprint density at radius 3 is 2.39 bits per heavy atom. The van der Waals surface area contributed by atoms with Crippen LogP contribution in [0.4, 0.5) is 5.69 Å². The Kier molecular flexibility index (Phi) is 5.58. The molecule has 0 aromatic heterocycles. The number of rotatable bonds is 7. The molecule has 5 nitrogen and oxygen atoms in total. The van der Waals surface area contributed by atoms with E-state index >= 15 is 0 Å². The number of nitrogens with one attached hydrogen (secondary N) is 2. The van der Waals surface area contributed by atoms with Gasteiger partial charge in [-0.2, -0.15) is 0 Å². The van der Waals surface area contributed by atoms with E-state index in [1.807, 2.05) is 13.8 Å². The molecule has 6 heteroatoms. The predicted molar refractivity (Wildman–Crippen MR) is 72.1 cm³/mol. The monoisotopic (exact) mass is 272 g/mol. The van der Waals surface area contributed by atoms with Gasteiger partial charge >= 0.3 is 0 Å². The molecule has 1 unspecified atom stereocenters. The van der Waals surface area contributed by atoms with Gasteiger partial charge in [0.25, 0.3) is 0 Å². The van der Waals surface area contributed by atoms with E-state index in [1.54, 1.807) is 24.3 Å². The summed E-state index contributed by atoms with van der Waals surface area (Å²) in [5.41, 5.74) is 0.783. The summed E-state index contributed by atoms with van der Waals surface area (Å²) >= 11 is 0. The van der Waals surface area contributed by atoms with Crippen LogP contribution in [0.25, 0.3) is 0 Å². The van der Waals surface area contributed by atoms with Gasteiger partial charge in [-0.25, -0.2) is 13.1 Å². The summed E-state index contributed by atoms with van der Waals surface area (Å²) in [4.78, 5) is 0.248. The zero-order valence-electron chi connectivity index (χ0n) is 10.7. The van der Waals surface area contributed by atoms with Crippen LogP contribution in [-0.4, -0.2) is 32.7 Å². The molecule has 0 radical (unpaired) electrons. The average molecular weight is 272 g/mol. The van der Waals surface area contributed by atoms with Crippen molar-refractivity contribution in [3.05, 3.63) is 24.3 Å². The number of anilines is 1. The Morgan fingerprint density at radius 2 is 1.89 bits per heavy atom. The van der Waals surface area contributed by atoms with Crippen LogP contribution in [0.3, 0.4) is 0 Å². The summed E-state index contributed by atoms with van der Waals surface area (Å²) in [5.74, 6) is 0. The third kappa shape index (κ3) is 4.29. The lowest BCUT2D eigenvalue weighted by molar-refractivity contribution is 0.281. The highest BCUT2D eigenvalue weighted by Gasteiger charge is 2.12. The van der Waals surface area contributed by atoms with Crippen LogP contribution in [-0.2, 0) is 10.0 Å². The maximum Gasteiger partial charge on any atom is 0.240 e. The van der Waals surface area contributed by atoms with Crippen LogP contribution >= 0.6 is 0 Å². The van der Waals surface area contributed by atoms with Crippen molar-refractivity contribution < 1.29 is 13.5 Å². The van der Waals surface area contributed by atoms with Gasteiger partial charge in [0.15, 0.2) is 0 Å². The zero-order chi connectivity index (χ0) is 13.6. The quantitative estimate of drug-likeness (QED) is 0.696. The highest BCUT2D eigenvalue weighted by Crippen LogP contribution is 2.14. The molecule has 1 atom stereocenters. The van der Waals surface area contributed by atoms with Gasteiger partial charge in [-0.1, -0.05) is 6.92 Å². The molecule has 0 amide bonds. The van der Waals surface area contributed by atoms with Gasteiger partial charge in [0.1, 0.15) is 0 Å². The molecule has 0 aliphatic rings. The van der Waals surface area contributed by atoms with E-state index in [9.17, 15) is 8.42 Å². The van der Waals surface area contributed by atoms with E-state index in [2.05, 4.69) is 10.0 Å². The van der Waals surface area contributed by atoms with E-state index in [-0.39, 0.29) is 17.5 Å². The van der Waals surface area contributed by atoms with Crippen molar-refractivity contribution in [3.63, 3.8) is 0 Å². The maximum absolute atomic E-state index is 11.8. The Balaban J connectivity index is 2.76. The van der Waals surface area contributed by atoms with Gasteiger partial charge in [-0.05, 0) is 37.6 Å². The molecule has 1 aromatic carbocycles. The lowest BCUT2D eigenvalue weighted by Gasteiger charge is -2.12. The maximum atomic E-state index is 11.8. The molecule has 0 spiro atoms. The molecule has 1 rings (SSSR count). The fourth-order valence-corrected chi connectivity index (χ4v) is 2.51. The molecular weight excluding hydrogens is 252 g/mol. The highest BCUT2D eigenvalue weighted by molar-refractivity contribution is 7.89. The van der Waals surface area contributed by atoms with Crippen LogP contribution in [0.2, 0.25) is 0 Å². The lowest BCUT2D eigenvalue weighted by atomic mass is 10.3. The first-order valence-electron chi connectivity index (χ1n) is 5.96. The van der Waals surface area contributed by atoms with Crippen molar-refractivity contribution >= 4 is 15.7 Å². The van der Waals surface area contributed by atoms with Crippen molar-refractivity contribution in [2.45, 2.75) is 31.2 Å². The summed E-state index contributed by atoms with van der Waals surface area (Å²) in [6.07, 6.45) is 0.757. The third-order valence-electron chi connectivity index (χ3n) is 2.39. The number of aliphatic hydroxyl groups is 1. The molecule has 0 saturated heterocycles. The molecule has 0 heterocycles. The molecule has 18 heavy (non-hydrogen) atoms. The minimum Gasteiger partial charge on any atom is -0.394 e. The highest BCUT2D eigenvalue weighted by atomic mass is 32.2. The number of hydrogen-bond acceptors (Lipinski definition) is 4. The number of sulfonamides is 1. The summed E-state index contributed by atoms with van der Waals surface area (Å²) in [5, 5.41) is 12.0. The van der Waals surface area contributed by atoms with Crippen molar-refractivity contribution in [3.8, 4) is 0 Å². The largest absolute Gasteiger partial charge is 0.394 e. The van der Waals surface area contributed by atoms with Crippen LogP contribution < -0.4 is 10.0 Å². The predicted octanol–water partition coefficient (Wildman–Crippen LogP) is 1.17. The smallest absolute Gasteiger partial charge is 0.240 e. The fourth-order valence-electron chi connectivity index (χ4n) is 1.38. The normalized spacial score (nSPS) is 13.3. The molecule has 0 fully saturated rings. The first-order chi connectivity index (χ1) is 8.49. The average Bonchev–Trinajstić information content (AvgIpc) is 2.37. The van der Waals surface area contributed by atoms with Crippen LogP contribution in [0.5, 0.6) is 0 Å². The minimum absolute atomic E-state index is 0.0259. The molecule has 3 N–H and O–H groups in total. The Morgan fingerprint density at radius 1 is 1.28 bits per heavy atom. The Hall–Kier alpha value is -1.11. The second kappa shape index (κ2) is 6.72. The lowest BCUT2D eigenvalue weighted by Crippen LogP contribution is -2.24.